The van der Waals surface area contributed by atoms with Crippen LogP contribution in [0.15, 0.2) is 36.9 Å². The number of rotatable bonds is 4. The van der Waals surface area contributed by atoms with E-state index in [-0.39, 0.29) is 0 Å². The summed E-state index contributed by atoms with van der Waals surface area (Å²) in [6, 6.07) is 8.49. The summed E-state index contributed by atoms with van der Waals surface area (Å²) < 4.78 is 0. The predicted molar refractivity (Wildman–Crippen MR) is 57.7 cm³/mol. The summed E-state index contributed by atoms with van der Waals surface area (Å²) in [7, 11) is 2.11. The lowest BCUT2D eigenvalue weighted by atomic mass is 10.1. The van der Waals surface area contributed by atoms with E-state index in [2.05, 4.69) is 49.7 Å². The smallest absolute Gasteiger partial charge is 0.0236 e. The Kier molecular flexibility index (Phi) is 3.71. The largest absolute Gasteiger partial charge is 0.298 e. The highest BCUT2D eigenvalue weighted by atomic mass is 15.1. The van der Waals surface area contributed by atoms with Gasteiger partial charge in [0.1, 0.15) is 0 Å². The second kappa shape index (κ2) is 4.83. The molecule has 0 N–H and O–H groups in total. The summed E-state index contributed by atoms with van der Waals surface area (Å²) in [5.74, 6) is 0. The summed E-state index contributed by atoms with van der Waals surface area (Å²) >= 11 is 0. The van der Waals surface area contributed by atoms with Crippen molar-refractivity contribution in [2.45, 2.75) is 13.5 Å². The molecule has 1 aromatic rings. The molecular weight excluding hydrogens is 158 g/mol. The second-order valence-electron chi connectivity index (χ2n) is 3.41. The molecule has 1 nitrogen and oxygen atoms in total. The summed E-state index contributed by atoms with van der Waals surface area (Å²) in [5.41, 5.74) is 2.75. The van der Waals surface area contributed by atoms with Crippen LogP contribution in [0.3, 0.4) is 0 Å². The molecule has 0 bridgehead atoms. The lowest BCUT2D eigenvalue weighted by Crippen LogP contribution is -2.17. The highest BCUT2D eigenvalue weighted by molar-refractivity contribution is 5.25. The molecule has 0 fully saturated rings. The first kappa shape index (κ1) is 10.0. The minimum Gasteiger partial charge on any atom is -0.298 e. The summed E-state index contributed by atoms with van der Waals surface area (Å²) in [5, 5.41) is 0. The monoisotopic (exact) mass is 175 g/mol. The van der Waals surface area contributed by atoms with Gasteiger partial charge in [0.25, 0.3) is 0 Å². The molecule has 1 rings (SSSR count). The van der Waals surface area contributed by atoms with E-state index in [1.807, 2.05) is 6.08 Å². The molecular formula is C12H17N. The molecule has 0 unspecified atom stereocenters. The third-order valence-electron chi connectivity index (χ3n) is 2.14. The fourth-order valence-corrected chi connectivity index (χ4v) is 1.36. The van der Waals surface area contributed by atoms with Gasteiger partial charge in [-0.3, -0.25) is 4.90 Å². The number of hydrogen-bond acceptors (Lipinski definition) is 1. The topological polar surface area (TPSA) is 3.24 Å². The van der Waals surface area contributed by atoms with Gasteiger partial charge in [-0.2, -0.15) is 0 Å². The Morgan fingerprint density at radius 3 is 2.69 bits per heavy atom. The lowest BCUT2D eigenvalue weighted by Gasteiger charge is -2.15. The van der Waals surface area contributed by atoms with Gasteiger partial charge in [-0.1, -0.05) is 30.3 Å². The van der Waals surface area contributed by atoms with Crippen LogP contribution in [0.1, 0.15) is 11.1 Å². The molecule has 0 aliphatic heterocycles. The Morgan fingerprint density at radius 1 is 1.38 bits per heavy atom. The third kappa shape index (κ3) is 3.03. The zero-order valence-electron chi connectivity index (χ0n) is 8.46. The summed E-state index contributed by atoms with van der Waals surface area (Å²) in [6.45, 7) is 7.81. The fourth-order valence-electron chi connectivity index (χ4n) is 1.36. The molecule has 0 amide bonds. The number of hydrogen-bond donors (Lipinski definition) is 0. The van der Waals surface area contributed by atoms with Crippen LogP contribution in [-0.2, 0) is 6.54 Å². The van der Waals surface area contributed by atoms with Crippen molar-refractivity contribution in [3.8, 4) is 0 Å². The SMILES string of the molecule is C=CCN(C)Cc1ccccc1C. The van der Waals surface area contributed by atoms with Crippen molar-refractivity contribution in [1.82, 2.24) is 4.90 Å². The number of nitrogens with zero attached hydrogens (tertiary/aromatic N) is 1. The quantitative estimate of drug-likeness (QED) is 0.636. The Hall–Kier alpha value is -1.08. The van der Waals surface area contributed by atoms with Gasteiger partial charge in [-0.25, -0.2) is 0 Å². The van der Waals surface area contributed by atoms with Crippen LogP contribution >= 0.6 is 0 Å². The van der Waals surface area contributed by atoms with Crippen molar-refractivity contribution in [3.63, 3.8) is 0 Å². The fraction of sp³-hybridized carbons (Fsp3) is 0.333. The van der Waals surface area contributed by atoms with Crippen LogP contribution in [0.4, 0.5) is 0 Å². The maximum atomic E-state index is 3.72. The van der Waals surface area contributed by atoms with E-state index < -0.39 is 0 Å². The van der Waals surface area contributed by atoms with Crippen molar-refractivity contribution in [1.29, 1.82) is 0 Å². The Bertz CT molecular complexity index is 278. The first-order valence-electron chi connectivity index (χ1n) is 4.58. The first-order chi connectivity index (χ1) is 6.24. The van der Waals surface area contributed by atoms with E-state index in [1.54, 1.807) is 0 Å². The van der Waals surface area contributed by atoms with Gasteiger partial charge in [-0.05, 0) is 25.1 Å². The molecule has 1 heteroatoms. The molecule has 0 radical (unpaired) electrons. The van der Waals surface area contributed by atoms with E-state index >= 15 is 0 Å². The van der Waals surface area contributed by atoms with E-state index in [1.165, 1.54) is 11.1 Å². The summed E-state index contributed by atoms with van der Waals surface area (Å²) in [6.07, 6.45) is 1.93. The van der Waals surface area contributed by atoms with Gasteiger partial charge in [0.05, 0.1) is 0 Å². The van der Waals surface area contributed by atoms with Gasteiger partial charge in [0, 0.05) is 13.1 Å². The predicted octanol–water partition coefficient (Wildman–Crippen LogP) is 2.61. The van der Waals surface area contributed by atoms with Crippen LogP contribution in [0.5, 0.6) is 0 Å². The number of aryl methyl sites for hydroxylation is 1. The summed E-state index contributed by atoms with van der Waals surface area (Å²) in [4.78, 5) is 2.25. The highest BCUT2D eigenvalue weighted by Crippen LogP contribution is 2.08. The normalized spacial score (nSPS) is 10.4. The lowest BCUT2D eigenvalue weighted by molar-refractivity contribution is 0.363. The molecule has 0 aliphatic carbocycles. The maximum Gasteiger partial charge on any atom is 0.0236 e. The van der Waals surface area contributed by atoms with E-state index in [0.29, 0.717) is 0 Å². The van der Waals surface area contributed by atoms with Crippen LogP contribution < -0.4 is 0 Å². The number of likely N-dealkylation sites (N-methyl/N-ethyl adjacent to an activating group) is 1. The van der Waals surface area contributed by atoms with Crippen LogP contribution in [0.2, 0.25) is 0 Å². The average molecular weight is 175 g/mol. The molecule has 0 spiro atoms. The van der Waals surface area contributed by atoms with Crippen molar-refractivity contribution in [2.24, 2.45) is 0 Å². The highest BCUT2D eigenvalue weighted by Gasteiger charge is 1.99. The molecule has 0 heterocycles. The zero-order chi connectivity index (χ0) is 9.68. The number of benzene rings is 1. The van der Waals surface area contributed by atoms with E-state index in [4.69, 9.17) is 0 Å². The molecule has 0 saturated carbocycles. The second-order valence-corrected chi connectivity index (χ2v) is 3.41. The maximum absolute atomic E-state index is 3.72. The van der Waals surface area contributed by atoms with Gasteiger partial charge in [0.2, 0.25) is 0 Å². The van der Waals surface area contributed by atoms with Crippen molar-refractivity contribution in [3.05, 3.63) is 48.0 Å². The molecule has 70 valence electrons. The molecule has 0 saturated heterocycles. The van der Waals surface area contributed by atoms with Crippen molar-refractivity contribution < 1.29 is 0 Å². The first-order valence-corrected chi connectivity index (χ1v) is 4.58. The minimum absolute atomic E-state index is 0.939. The molecule has 0 atom stereocenters. The third-order valence-corrected chi connectivity index (χ3v) is 2.14. The zero-order valence-corrected chi connectivity index (χ0v) is 8.46. The Labute approximate surface area is 80.7 Å². The van der Waals surface area contributed by atoms with Crippen LogP contribution in [0.25, 0.3) is 0 Å². The van der Waals surface area contributed by atoms with Crippen molar-refractivity contribution >= 4 is 0 Å². The standard InChI is InChI=1S/C12H17N/c1-4-9-13(3)10-12-8-6-5-7-11(12)2/h4-8H,1,9-10H2,2-3H3. The Morgan fingerprint density at radius 2 is 2.08 bits per heavy atom. The van der Waals surface area contributed by atoms with Gasteiger partial charge < -0.3 is 0 Å². The van der Waals surface area contributed by atoms with Gasteiger partial charge >= 0.3 is 0 Å². The van der Waals surface area contributed by atoms with Crippen molar-refractivity contribution in [2.75, 3.05) is 13.6 Å². The average Bonchev–Trinajstić information content (AvgIpc) is 2.09. The van der Waals surface area contributed by atoms with Crippen LogP contribution in [-0.4, -0.2) is 18.5 Å². The van der Waals surface area contributed by atoms with Gasteiger partial charge in [0.15, 0.2) is 0 Å². The molecule has 13 heavy (non-hydrogen) atoms. The van der Waals surface area contributed by atoms with E-state index in [9.17, 15) is 0 Å². The van der Waals surface area contributed by atoms with Crippen LogP contribution in [0, 0.1) is 6.92 Å². The minimum atomic E-state index is 0.939. The molecule has 0 aromatic heterocycles. The molecule has 0 aliphatic rings. The molecule has 1 aromatic carbocycles. The van der Waals surface area contributed by atoms with Gasteiger partial charge in [-0.15, -0.1) is 6.58 Å². The van der Waals surface area contributed by atoms with E-state index in [0.717, 1.165) is 13.1 Å². The Balaban J connectivity index is 2.63.